The standard InChI is InChI=1S/C11H14ClN3O2/c1-11(2,9(13)15-17)10(16)14-8-5-3-4-7(12)6-8/h3-6,17H,1-2H3,(H2,13,15)(H,14,16). The monoisotopic (exact) mass is 255 g/mol. The summed E-state index contributed by atoms with van der Waals surface area (Å²) >= 11 is 5.79. The quantitative estimate of drug-likeness (QED) is 0.334. The lowest BCUT2D eigenvalue weighted by molar-refractivity contribution is -0.121. The SMILES string of the molecule is CC(C)(C(=O)Nc1cccc(Cl)c1)C(N)=NO. The summed E-state index contributed by atoms with van der Waals surface area (Å²) in [4.78, 5) is 11.9. The summed E-state index contributed by atoms with van der Waals surface area (Å²) in [5.41, 5.74) is 4.90. The number of oxime groups is 1. The minimum atomic E-state index is -1.10. The normalized spacial score (nSPS) is 12.3. The molecule has 0 aromatic heterocycles. The van der Waals surface area contributed by atoms with Crippen molar-refractivity contribution in [3.05, 3.63) is 29.3 Å². The Labute approximate surface area is 104 Å². The second kappa shape index (κ2) is 5.05. The lowest BCUT2D eigenvalue weighted by atomic mass is 9.91. The van der Waals surface area contributed by atoms with Gasteiger partial charge in [-0.05, 0) is 32.0 Å². The van der Waals surface area contributed by atoms with Gasteiger partial charge in [0.2, 0.25) is 5.91 Å². The van der Waals surface area contributed by atoms with Gasteiger partial charge in [0.1, 0.15) is 5.41 Å². The van der Waals surface area contributed by atoms with Crippen molar-refractivity contribution in [1.82, 2.24) is 0 Å². The number of amidine groups is 1. The molecule has 92 valence electrons. The molecule has 0 saturated carbocycles. The predicted octanol–water partition coefficient (Wildman–Crippen LogP) is 2.05. The Morgan fingerprint density at radius 2 is 2.18 bits per heavy atom. The number of nitrogens with one attached hydrogen (secondary N) is 1. The van der Waals surface area contributed by atoms with Crippen LogP contribution in [-0.4, -0.2) is 17.0 Å². The second-order valence-electron chi connectivity index (χ2n) is 4.07. The van der Waals surface area contributed by atoms with Crippen molar-refractivity contribution in [2.75, 3.05) is 5.32 Å². The molecule has 17 heavy (non-hydrogen) atoms. The number of nitrogens with zero attached hydrogens (tertiary/aromatic N) is 1. The topological polar surface area (TPSA) is 87.7 Å². The molecule has 1 amide bonds. The first-order chi connectivity index (χ1) is 7.87. The van der Waals surface area contributed by atoms with Crippen LogP contribution in [-0.2, 0) is 4.79 Å². The molecule has 0 saturated heterocycles. The van der Waals surface area contributed by atoms with Gasteiger partial charge in [0.15, 0.2) is 5.84 Å². The van der Waals surface area contributed by atoms with Crippen molar-refractivity contribution in [2.45, 2.75) is 13.8 Å². The molecule has 0 spiro atoms. The van der Waals surface area contributed by atoms with Crippen LogP contribution in [0.5, 0.6) is 0 Å². The number of carbonyl (C=O) groups excluding carboxylic acids is 1. The third kappa shape index (κ3) is 3.10. The fourth-order valence-corrected chi connectivity index (χ4v) is 1.29. The Kier molecular flexibility index (Phi) is 3.96. The maximum Gasteiger partial charge on any atom is 0.237 e. The van der Waals surface area contributed by atoms with Gasteiger partial charge in [0, 0.05) is 10.7 Å². The highest BCUT2D eigenvalue weighted by Gasteiger charge is 2.32. The maximum absolute atomic E-state index is 11.9. The zero-order valence-corrected chi connectivity index (χ0v) is 10.3. The van der Waals surface area contributed by atoms with E-state index in [1.54, 1.807) is 38.1 Å². The molecule has 1 rings (SSSR count). The van der Waals surface area contributed by atoms with Gasteiger partial charge < -0.3 is 16.3 Å². The molecule has 1 aromatic rings. The molecular formula is C11H14ClN3O2. The smallest absolute Gasteiger partial charge is 0.237 e. The van der Waals surface area contributed by atoms with Gasteiger partial charge in [-0.15, -0.1) is 0 Å². The van der Waals surface area contributed by atoms with E-state index in [4.69, 9.17) is 22.5 Å². The third-order valence-corrected chi connectivity index (χ3v) is 2.63. The molecule has 1 aromatic carbocycles. The summed E-state index contributed by atoms with van der Waals surface area (Å²) in [6.45, 7) is 3.11. The molecular weight excluding hydrogens is 242 g/mol. The van der Waals surface area contributed by atoms with E-state index in [-0.39, 0.29) is 11.7 Å². The number of benzene rings is 1. The average Bonchev–Trinajstić information content (AvgIpc) is 2.27. The van der Waals surface area contributed by atoms with Crippen LogP contribution in [0.2, 0.25) is 5.02 Å². The van der Waals surface area contributed by atoms with Crippen molar-refractivity contribution in [2.24, 2.45) is 16.3 Å². The van der Waals surface area contributed by atoms with Crippen molar-refractivity contribution in [1.29, 1.82) is 0 Å². The molecule has 4 N–H and O–H groups in total. The van der Waals surface area contributed by atoms with E-state index in [1.807, 2.05) is 0 Å². The molecule has 0 heterocycles. The third-order valence-electron chi connectivity index (χ3n) is 2.40. The average molecular weight is 256 g/mol. The number of carbonyl (C=O) groups is 1. The number of halogens is 1. The molecule has 0 fully saturated rings. The molecule has 0 aliphatic heterocycles. The maximum atomic E-state index is 11.9. The number of hydrogen-bond acceptors (Lipinski definition) is 3. The number of rotatable bonds is 3. The highest BCUT2D eigenvalue weighted by Crippen LogP contribution is 2.20. The van der Waals surface area contributed by atoms with Gasteiger partial charge in [-0.3, -0.25) is 4.79 Å². The Balaban J connectivity index is 2.86. The minimum absolute atomic E-state index is 0.156. The largest absolute Gasteiger partial charge is 0.409 e. The van der Waals surface area contributed by atoms with Crippen molar-refractivity contribution < 1.29 is 10.0 Å². The second-order valence-corrected chi connectivity index (χ2v) is 4.51. The highest BCUT2D eigenvalue weighted by atomic mass is 35.5. The van der Waals surface area contributed by atoms with Gasteiger partial charge in [-0.25, -0.2) is 0 Å². The van der Waals surface area contributed by atoms with Crippen molar-refractivity contribution >= 4 is 29.0 Å². The Hall–Kier alpha value is -1.75. The fourth-order valence-electron chi connectivity index (χ4n) is 1.09. The molecule has 6 heteroatoms. The Morgan fingerprint density at radius 3 is 2.71 bits per heavy atom. The minimum Gasteiger partial charge on any atom is -0.409 e. The van der Waals surface area contributed by atoms with Crippen LogP contribution in [0.3, 0.4) is 0 Å². The number of hydrogen-bond donors (Lipinski definition) is 3. The Morgan fingerprint density at radius 1 is 1.53 bits per heavy atom. The Bertz CT molecular complexity index is 458. The molecule has 0 aliphatic rings. The van der Waals surface area contributed by atoms with Crippen molar-refractivity contribution in [3.63, 3.8) is 0 Å². The first-order valence-electron chi connectivity index (χ1n) is 4.93. The molecule has 5 nitrogen and oxygen atoms in total. The zero-order chi connectivity index (χ0) is 13.1. The first-order valence-corrected chi connectivity index (χ1v) is 5.30. The summed E-state index contributed by atoms with van der Waals surface area (Å²) in [5, 5.41) is 14.6. The molecule has 0 radical (unpaired) electrons. The van der Waals surface area contributed by atoms with Crippen molar-refractivity contribution in [3.8, 4) is 0 Å². The first kappa shape index (κ1) is 13.3. The summed E-state index contributed by atoms with van der Waals surface area (Å²) < 4.78 is 0. The van der Waals surface area contributed by atoms with E-state index in [9.17, 15) is 4.79 Å². The van der Waals surface area contributed by atoms with E-state index in [2.05, 4.69) is 10.5 Å². The van der Waals surface area contributed by atoms with E-state index < -0.39 is 5.41 Å². The van der Waals surface area contributed by atoms with Crippen LogP contribution in [0.25, 0.3) is 0 Å². The van der Waals surface area contributed by atoms with Crippen LogP contribution in [0.1, 0.15) is 13.8 Å². The number of amides is 1. The van der Waals surface area contributed by atoms with Crippen LogP contribution < -0.4 is 11.1 Å². The van der Waals surface area contributed by atoms with E-state index in [0.29, 0.717) is 10.7 Å². The fraction of sp³-hybridized carbons (Fsp3) is 0.273. The summed E-state index contributed by atoms with van der Waals surface area (Å²) in [6, 6.07) is 6.73. The molecule has 0 bridgehead atoms. The van der Waals surface area contributed by atoms with Crippen LogP contribution in [0, 0.1) is 5.41 Å². The van der Waals surface area contributed by atoms with Gasteiger partial charge in [-0.1, -0.05) is 22.8 Å². The van der Waals surface area contributed by atoms with Gasteiger partial charge in [-0.2, -0.15) is 0 Å². The van der Waals surface area contributed by atoms with E-state index in [1.165, 1.54) is 0 Å². The number of nitrogens with two attached hydrogens (primary N) is 1. The van der Waals surface area contributed by atoms with Crippen LogP contribution >= 0.6 is 11.6 Å². The molecule has 0 aliphatic carbocycles. The van der Waals surface area contributed by atoms with E-state index >= 15 is 0 Å². The van der Waals surface area contributed by atoms with Crippen LogP contribution in [0.4, 0.5) is 5.69 Å². The van der Waals surface area contributed by atoms with Gasteiger partial charge >= 0.3 is 0 Å². The summed E-state index contributed by atoms with van der Waals surface area (Å²) in [6.07, 6.45) is 0. The van der Waals surface area contributed by atoms with E-state index in [0.717, 1.165) is 0 Å². The lowest BCUT2D eigenvalue weighted by Gasteiger charge is -2.21. The summed E-state index contributed by atoms with van der Waals surface area (Å²) in [5.74, 6) is -0.535. The van der Waals surface area contributed by atoms with Gasteiger partial charge in [0.25, 0.3) is 0 Å². The lowest BCUT2D eigenvalue weighted by Crippen LogP contribution is -2.42. The highest BCUT2D eigenvalue weighted by molar-refractivity contribution is 6.31. The summed E-state index contributed by atoms with van der Waals surface area (Å²) in [7, 11) is 0. The predicted molar refractivity (Wildman–Crippen MR) is 67.3 cm³/mol. The van der Waals surface area contributed by atoms with Gasteiger partial charge in [0.05, 0.1) is 0 Å². The molecule has 0 atom stereocenters. The number of anilines is 1. The van der Waals surface area contributed by atoms with Crippen LogP contribution in [0.15, 0.2) is 29.4 Å². The zero-order valence-electron chi connectivity index (χ0n) is 9.57. The molecule has 0 unspecified atom stereocenters.